The van der Waals surface area contributed by atoms with Crippen LogP contribution >= 0.6 is 0 Å². The van der Waals surface area contributed by atoms with Gasteiger partial charge in [0.05, 0.1) is 5.56 Å². The SMILES string of the molecule is C[C@@H]1CCCCN1C(=O)COC(=O)c1cn(C)c2ccccc12. The van der Waals surface area contributed by atoms with Gasteiger partial charge in [-0.05, 0) is 32.3 Å². The average Bonchev–Trinajstić information content (AvgIpc) is 2.90. The highest BCUT2D eigenvalue weighted by Crippen LogP contribution is 2.21. The molecule has 1 amide bonds. The van der Waals surface area contributed by atoms with Crippen molar-refractivity contribution in [1.82, 2.24) is 9.47 Å². The number of aryl methyl sites for hydroxylation is 1. The van der Waals surface area contributed by atoms with Crippen molar-refractivity contribution in [2.45, 2.75) is 32.2 Å². The van der Waals surface area contributed by atoms with Gasteiger partial charge in [0.15, 0.2) is 6.61 Å². The van der Waals surface area contributed by atoms with Crippen molar-refractivity contribution >= 4 is 22.8 Å². The van der Waals surface area contributed by atoms with Crippen molar-refractivity contribution in [2.24, 2.45) is 7.05 Å². The van der Waals surface area contributed by atoms with Crippen LogP contribution in [0.3, 0.4) is 0 Å². The van der Waals surface area contributed by atoms with Crippen molar-refractivity contribution in [1.29, 1.82) is 0 Å². The lowest BCUT2D eigenvalue weighted by Crippen LogP contribution is -2.44. The second-order valence-corrected chi connectivity index (χ2v) is 6.18. The summed E-state index contributed by atoms with van der Waals surface area (Å²) in [7, 11) is 1.89. The molecule has 1 saturated heterocycles. The molecule has 2 aromatic rings. The molecular formula is C18H22N2O3. The van der Waals surface area contributed by atoms with E-state index in [4.69, 9.17) is 4.74 Å². The van der Waals surface area contributed by atoms with E-state index >= 15 is 0 Å². The first-order chi connectivity index (χ1) is 11.1. The predicted molar refractivity (Wildman–Crippen MR) is 88.2 cm³/mol. The number of esters is 1. The van der Waals surface area contributed by atoms with E-state index in [9.17, 15) is 9.59 Å². The Balaban J connectivity index is 1.68. The van der Waals surface area contributed by atoms with Crippen LogP contribution in [0.2, 0.25) is 0 Å². The van der Waals surface area contributed by atoms with E-state index in [2.05, 4.69) is 0 Å². The van der Waals surface area contributed by atoms with Crippen LogP contribution in [0.5, 0.6) is 0 Å². The summed E-state index contributed by atoms with van der Waals surface area (Å²) < 4.78 is 7.16. The lowest BCUT2D eigenvalue weighted by molar-refractivity contribution is -0.137. The highest BCUT2D eigenvalue weighted by Gasteiger charge is 2.24. The molecule has 5 heteroatoms. The fourth-order valence-corrected chi connectivity index (χ4v) is 3.26. The zero-order valence-corrected chi connectivity index (χ0v) is 13.6. The number of carbonyl (C=O) groups is 2. The van der Waals surface area contributed by atoms with Crippen LogP contribution in [0, 0.1) is 0 Å². The number of aromatic nitrogens is 1. The highest BCUT2D eigenvalue weighted by molar-refractivity contribution is 6.04. The number of hydrogen-bond acceptors (Lipinski definition) is 3. The first kappa shape index (κ1) is 15.6. The number of amides is 1. The zero-order valence-electron chi connectivity index (χ0n) is 13.6. The summed E-state index contributed by atoms with van der Waals surface area (Å²) in [6.45, 7) is 2.61. The van der Waals surface area contributed by atoms with E-state index < -0.39 is 5.97 Å². The molecule has 0 unspecified atom stereocenters. The van der Waals surface area contributed by atoms with Gasteiger partial charge in [-0.3, -0.25) is 4.79 Å². The number of rotatable bonds is 3. The summed E-state index contributed by atoms with van der Waals surface area (Å²) in [6.07, 6.45) is 4.94. The molecule has 1 aliphatic heterocycles. The van der Waals surface area contributed by atoms with Gasteiger partial charge in [0.1, 0.15) is 0 Å². The van der Waals surface area contributed by atoms with E-state index in [0.29, 0.717) is 5.56 Å². The fraction of sp³-hybridized carbons (Fsp3) is 0.444. The van der Waals surface area contributed by atoms with E-state index in [1.165, 1.54) is 0 Å². The second kappa shape index (κ2) is 6.44. The standard InChI is InChI=1S/C18H22N2O3/c1-13-7-5-6-10-20(13)17(21)12-23-18(22)15-11-19(2)16-9-4-3-8-14(15)16/h3-4,8-9,11,13H,5-7,10,12H2,1-2H3/t13-/m1/s1. The second-order valence-electron chi connectivity index (χ2n) is 6.18. The number of ether oxygens (including phenoxy) is 1. The molecule has 0 spiro atoms. The predicted octanol–water partition coefficient (Wildman–Crippen LogP) is 2.74. The third-order valence-electron chi connectivity index (χ3n) is 4.57. The average molecular weight is 314 g/mol. The van der Waals surface area contributed by atoms with Crippen molar-refractivity contribution in [3.8, 4) is 0 Å². The molecule has 2 heterocycles. The summed E-state index contributed by atoms with van der Waals surface area (Å²) in [5.41, 5.74) is 1.47. The quantitative estimate of drug-likeness (QED) is 0.819. The van der Waals surface area contributed by atoms with Gasteiger partial charge < -0.3 is 14.2 Å². The molecule has 1 fully saturated rings. The largest absolute Gasteiger partial charge is 0.452 e. The molecule has 0 N–H and O–H groups in total. The molecule has 23 heavy (non-hydrogen) atoms. The van der Waals surface area contributed by atoms with Gasteiger partial charge >= 0.3 is 5.97 Å². The Hall–Kier alpha value is -2.30. The molecule has 1 aromatic heterocycles. The molecule has 1 atom stereocenters. The number of para-hydroxylation sites is 1. The summed E-state index contributed by atoms with van der Waals surface area (Å²) in [5, 5.41) is 0.846. The third kappa shape index (κ3) is 3.09. The number of benzene rings is 1. The zero-order chi connectivity index (χ0) is 16.4. The van der Waals surface area contributed by atoms with Gasteiger partial charge in [0.2, 0.25) is 0 Å². The Bertz CT molecular complexity index is 735. The van der Waals surface area contributed by atoms with Crippen LogP contribution in [0.25, 0.3) is 10.9 Å². The van der Waals surface area contributed by atoms with E-state index in [-0.39, 0.29) is 18.6 Å². The number of likely N-dealkylation sites (tertiary alicyclic amines) is 1. The van der Waals surface area contributed by atoms with Crippen molar-refractivity contribution < 1.29 is 14.3 Å². The topological polar surface area (TPSA) is 51.5 Å². The first-order valence-corrected chi connectivity index (χ1v) is 8.08. The highest BCUT2D eigenvalue weighted by atomic mass is 16.5. The smallest absolute Gasteiger partial charge is 0.340 e. The molecule has 0 bridgehead atoms. The lowest BCUT2D eigenvalue weighted by atomic mass is 10.0. The number of fused-ring (bicyclic) bond motifs is 1. The van der Waals surface area contributed by atoms with Gasteiger partial charge in [-0.2, -0.15) is 0 Å². The first-order valence-electron chi connectivity index (χ1n) is 8.08. The number of nitrogens with zero attached hydrogens (tertiary/aromatic N) is 2. The van der Waals surface area contributed by atoms with Crippen LogP contribution < -0.4 is 0 Å². The third-order valence-corrected chi connectivity index (χ3v) is 4.57. The van der Waals surface area contributed by atoms with E-state index in [0.717, 1.165) is 36.7 Å². The van der Waals surface area contributed by atoms with Crippen molar-refractivity contribution in [2.75, 3.05) is 13.2 Å². The Morgan fingerprint density at radius 1 is 1.26 bits per heavy atom. The molecule has 0 radical (unpaired) electrons. The van der Waals surface area contributed by atoms with Gasteiger partial charge in [-0.15, -0.1) is 0 Å². The van der Waals surface area contributed by atoms with Crippen LogP contribution in [0.4, 0.5) is 0 Å². The van der Waals surface area contributed by atoms with Crippen molar-refractivity contribution in [3.05, 3.63) is 36.0 Å². The lowest BCUT2D eigenvalue weighted by Gasteiger charge is -2.33. The minimum absolute atomic E-state index is 0.106. The molecule has 5 nitrogen and oxygen atoms in total. The summed E-state index contributed by atoms with van der Waals surface area (Å²) in [5.74, 6) is -0.550. The number of piperidine rings is 1. The molecule has 3 rings (SSSR count). The fourth-order valence-electron chi connectivity index (χ4n) is 3.26. The van der Waals surface area contributed by atoms with Gasteiger partial charge in [0.25, 0.3) is 5.91 Å². The van der Waals surface area contributed by atoms with Gasteiger partial charge in [0, 0.05) is 36.7 Å². The number of hydrogen-bond donors (Lipinski definition) is 0. The summed E-state index contributed by atoms with van der Waals surface area (Å²) in [6, 6.07) is 7.89. The van der Waals surface area contributed by atoms with E-state index in [1.807, 2.05) is 47.7 Å². The Labute approximate surface area is 135 Å². The maximum atomic E-state index is 12.3. The maximum absolute atomic E-state index is 12.3. The Kier molecular flexibility index (Phi) is 4.37. The molecular weight excluding hydrogens is 292 g/mol. The van der Waals surface area contributed by atoms with Gasteiger partial charge in [-0.1, -0.05) is 18.2 Å². The Morgan fingerprint density at radius 2 is 2.04 bits per heavy atom. The minimum atomic E-state index is -0.445. The molecule has 122 valence electrons. The summed E-state index contributed by atoms with van der Waals surface area (Å²) in [4.78, 5) is 26.4. The van der Waals surface area contributed by atoms with Crippen LogP contribution in [-0.2, 0) is 16.6 Å². The van der Waals surface area contributed by atoms with Crippen molar-refractivity contribution in [3.63, 3.8) is 0 Å². The maximum Gasteiger partial charge on any atom is 0.340 e. The van der Waals surface area contributed by atoms with Gasteiger partial charge in [-0.25, -0.2) is 4.79 Å². The van der Waals surface area contributed by atoms with Crippen LogP contribution in [0.1, 0.15) is 36.5 Å². The van der Waals surface area contributed by atoms with E-state index in [1.54, 1.807) is 6.20 Å². The normalized spacial score (nSPS) is 18.2. The Morgan fingerprint density at radius 3 is 2.83 bits per heavy atom. The summed E-state index contributed by atoms with van der Waals surface area (Å²) >= 11 is 0. The minimum Gasteiger partial charge on any atom is -0.452 e. The molecule has 0 saturated carbocycles. The molecule has 1 aromatic carbocycles. The van der Waals surface area contributed by atoms with Crippen LogP contribution in [0.15, 0.2) is 30.5 Å². The monoisotopic (exact) mass is 314 g/mol. The molecule has 0 aliphatic carbocycles. The number of carbonyl (C=O) groups excluding carboxylic acids is 2. The van der Waals surface area contributed by atoms with Crippen LogP contribution in [-0.4, -0.2) is 40.5 Å². The molecule has 1 aliphatic rings.